The van der Waals surface area contributed by atoms with Gasteiger partial charge in [0.15, 0.2) is 0 Å². The number of carbonyl (C=O) groups excluding carboxylic acids is 1. The summed E-state index contributed by atoms with van der Waals surface area (Å²) in [6.07, 6.45) is 2.02. The van der Waals surface area contributed by atoms with Crippen LogP contribution in [-0.2, 0) is 9.53 Å². The maximum absolute atomic E-state index is 12.3. The lowest BCUT2D eigenvalue weighted by Crippen LogP contribution is -2.51. The van der Waals surface area contributed by atoms with E-state index in [1.54, 1.807) is 7.11 Å². The van der Waals surface area contributed by atoms with Crippen LogP contribution in [0.25, 0.3) is 0 Å². The molecular weight excluding hydrogens is 204 g/mol. The number of hydrogen-bond acceptors (Lipinski definition) is 3. The van der Waals surface area contributed by atoms with Gasteiger partial charge in [0, 0.05) is 33.3 Å². The zero-order valence-electron chi connectivity index (χ0n) is 10.4. The average Bonchev–Trinajstić information content (AvgIpc) is 3.10. The molecule has 92 valence electrons. The van der Waals surface area contributed by atoms with Crippen LogP contribution in [0.1, 0.15) is 19.8 Å². The molecule has 0 N–H and O–H groups in total. The second kappa shape index (κ2) is 4.72. The predicted molar refractivity (Wildman–Crippen MR) is 62.2 cm³/mol. The van der Waals surface area contributed by atoms with Crippen molar-refractivity contribution in [3.05, 3.63) is 0 Å². The lowest BCUT2D eigenvalue weighted by atomic mass is 10.1. The number of nitrogens with zero attached hydrogens (tertiary/aromatic N) is 2. The molecule has 2 fully saturated rings. The van der Waals surface area contributed by atoms with Crippen molar-refractivity contribution in [2.45, 2.75) is 19.8 Å². The van der Waals surface area contributed by atoms with Crippen LogP contribution >= 0.6 is 0 Å². The van der Waals surface area contributed by atoms with Gasteiger partial charge in [-0.25, -0.2) is 0 Å². The van der Waals surface area contributed by atoms with E-state index in [2.05, 4.69) is 11.8 Å². The van der Waals surface area contributed by atoms with Crippen LogP contribution in [0, 0.1) is 5.41 Å². The van der Waals surface area contributed by atoms with E-state index in [0.29, 0.717) is 12.5 Å². The zero-order valence-corrected chi connectivity index (χ0v) is 10.4. The first-order chi connectivity index (χ1) is 7.72. The summed E-state index contributed by atoms with van der Waals surface area (Å²) in [7, 11) is 1.68. The maximum atomic E-state index is 12.3. The molecule has 4 heteroatoms. The molecule has 0 aromatic carbocycles. The molecule has 1 aliphatic heterocycles. The molecule has 1 saturated carbocycles. The minimum absolute atomic E-state index is 0.150. The van der Waals surface area contributed by atoms with Gasteiger partial charge in [-0.05, 0) is 19.4 Å². The molecule has 0 spiro atoms. The van der Waals surface area contributed by atoms with E-state index < -0.39 is 0 Å². The summed E-state index contributed by atoms with van der Waals surface area (Å²) in [6, 6.07) is 0. The Labute approximate surface area is 97.5 Å². The normalized spacial score (nSPS) is 24.5. The number of ether oxygens (including phenoxy) is 1. The Morgan fingerprint density at radius 1 is 1.25 bits per heavy atom. The number of rotatable bonds is 4. The molecule has 0 unspecified atom stereocenters. The fourth-order valence-electron chi connectivity index (χ4n) is 2.45. The van der Waals surface area contributed by atoms with Crippen LogP contribution in [0.5, 0.6) is 0 Å². The lowest BCUT2D eigenvalue weighted by molar-refractivity contribution is -0.140. The Morgan fingerprint density at radius 2 is 1.88 bits per heavy atom. The van der Waals surface area contributed by atoms with Crippen molar-refractivity contribution >= 4 is 5.91 Å². The lowest BCUT2D eigenvalue weighted by Gasteiger charge is -2.36. The molecule has 1 heterocycles. The summed E-state index contributed by atoms with van der Waals surface area (Å²) in [4.78, 5) is 16.7. The van der Waals surface area contributed by atoms with Crippen molar-refractivity contribution in [1.29, 1.82) is 0 Å². The highest BCUT2D eigenvalue weighted by Gasteiger charge is 2.51. The molecule has 1 aliphatic carbocycles. The predicted octanol–water partition coefficient (Wildman–Crippen LogP) is 0.577. The van der Waals surface area contributed by atoms with Crippen molar-refractivity contribution < 1.29 is 9.53 Å². The van der Waals surface area contributed by atoms with Crippen LogP contribution in [-0.4, -0.2) is 62.1 Å². The van der Waals surface area contributed by atoms with E-state index >= 15 is 0 Å². The molecule has 0 bridgehead atoms. The Kier molecular flexibility index (Phi) is 3.50. The number of likely N-dealkylation sites (N-methyl/N-ethyl adjacent to an activating group) is 1. The smallest absolute Gasteiger partial charge is 0.231 e. The van der Waals surface area contributed by atoms with Gasteiger partial charge >= 0.3 is 0 Å². The Balaban J connectivity index is 1.87. The van der Waals surface area contributed by atoms with Crippen LogP contribution in [0.4, 0.5) is 0 Å². The first kappa shape index (κ1) is 11.9. The molecule has 1 saturated heterocycles. The van der Waals surface area contributed by atoms with Gasteiger partial charge in [-0.1, -0.05) is 6.92 Å². The molecule has 4 nitrogen and oxygen atoms in total. The molecular formula is C12H22N2O2. The fourth-order valence-corrected chi connectivity index (χ4v) is 2.45. The van der Waals surface area contributed by atoms with Gasteiger partial charge in [-0.2, -0.15) is 0 Å². The van der Waals surface area contributed by atoms with E-state index in [9.17, 15) is 4.79 Å². The number of piperazine rings is 1. The third-order valence-electron chi connectivity index (χ3n) is 3.83. The topological polar surface area (TPSA) is 32.8 Å². The highest BCUT2D eigenvalue weighted by atomic mass is 16.5. The Hall–Kier alpha value is -0.610. The molecule has 2 rings (SSSR count). The van der Waals surface area contributed by atoms with Gasteiger partial charge in [-0.15, -0.1) is 0 Å². The number of hydrogen-bond donors (Lipinski definition) is 0. The van der Waals surface area contributed by atoms with Crippen LogP contribution in [0.3, 0.4) is 0 Å². The van der Waals surface area contributed by atoms with Crippen molar-refractivity contribution in [2.24, 2.45) is 5.41 Å². The summed E-state index contributed by atoms with van der Waals surface area (Å²) < 4.78 is 5.17. The number of carbonyl (C=O) groups is 1. The number of methoxy groups -OCH3 is 1. The maximum Gasteiger partial charge on any atom is 0.231 e. The van der Waals surface area contributed by atoms with Gasteiger partial charge in [-0.3, -0.25) is 4.79 Å². The monoisotopic (exact) mass is 226 g/mol. The van der Waals surface area contributed by atoms with Gasteiger partial charge in [0.1, 0.15) is 0 Å². The molecule has 2 aliphatic rings. The molecule has 0 aromatic heterocycles. The largest absolute Gasteiger partial charge is 0.384 e. The van der Waals surface area contributed by atoms with E-state index in [-0.39, 0.29) is 5.41 Å². The second-order valence-electron chi connectivity index (χ2n) is 4.94. The first-order valence-corrected chi connectivity index (χ1v) is 6.22. The van der Waals surface area contributed by atoms with Crippen molar-refractivity contribution in [1.82, 2.24) is 9.80 Å². The molecule has 16 heavy (non-hydrogen) atoms. The van der Waals surface area contributed by atoms with E-state index in [1.807, 2.05) is 4.90 Å². The summed E-state index contributed by atoms with van der Waals surface area (Å²) in [5.41, 5.74) is -0.150. The quantitative estimate of drug-likeness (QED) is 0.703. The molecule has 0 atom stereocenters. The van der Waals surface area contributed by atoms with E-state index in [0.717, 1.165) is 45.6 Å². The first-order valence-electron chi connectivity index (χ1n) is 6.22. The summed E-state index contributed by atoms with van der Waals surface area (Å²) in [6.45, 7) is 7.67. The van der Waals surface area contributed by atoms with Crippen LogP contribution in [0.2, 0.25) is 0 Å². The van der Waals surface area contributed by atoms with Gasteiger partial charge in [0.05, 0.1) is 12.0 Å². The number of amides is 1. The van der Waals surface area contributed by atoms with Crippen LogP contribution < -0.4 is 0 Å². The van der Waals surface area contributed by atoms with Crippen molar-refractivity contribution in [2.75, 3.05) is 46.4 Å². The minimum atomic E-state index is -0.150. The zero-order chi connectivity index (χ0) is 11.6. The third-order valence-corrected chi connectivity index (χ3v) is 3.83. The van der Waals surface area contributed by atoms with E-state index in [1.165, 1.54) is 0 Å². The SMILES string of the molecule is CCN1CCN(C(=O)C2(COC)CC2)CC1. The van der Waals surface area contributed by atoms with Gasteiger partial charge in [0.2, 0.25) is 5.91 Å². The highest BCUT2D eigenvalue weighted by Crippen LogP contribution is 2.47. The fraction of sp³-hybridized carbons (Fsp3) is 0.917. The minimum Gasteiger partial charge on any atom is -0.384 e. The molecule has 1 amide bonds. The Bertz CT molecular complexity index is 256. The summed E-state index contributed by atoms with van der Waals surface area (Å²) >= 11 is 0. The van der Waals surface area contributed by atoms with Gasteiger partial charge < -0.3 is 14.5 Å². The standard InChI is InChI=1S/C12H22N2O2/c1-3-13-6-8-14(9-7-13)11(15)12(4-5-12)10-16-2/h3-10H2,1-2H3. The van der Waals surface area contributed by atoms with Crippen molar-refractivity contribution in [3.63, 3.8) is 0 Å². The molecule has 0 radical (unpaired) electrons. The summed E-state index contributed by atoms with van der Waals surface area (Å²) in [5, 5.41) is 0. The van der Waals surface area contributed by atoms with Gasteiger partial charge in [0.25, 0.3) is 0 Å². The Morgan fingerprint density at radius 3 is 2.31 bits per heavy atom. The summed E-state index contributed by atoms with van der Waals surface area (Å²) in [5.74, 6) is 0.324. The van der Waals surface area contributed by atoms with E-state index in [4.69, 9.17) is 4.74 Å². The average molecular weight is 226 g/mol. The molecule has 0 aromatic rings. The van der Waals surface area contributed by atoms with Crippen LogP contribution in [0.15, 0.2) is 0 Å². The van der Waals surface area contributed by atoms with Crippen molar-refractivity contribution in [3.8, 4) is 0 Å². The second-order valence-corrected chi connectivity index (χ2v) is 4.94. The third kappa shape index (κ3) is 2.23. The highest BCUT2D eigenvalue weighted by molar-refractivity contribution is 5.85.